The number of H-pyrrole nitrogens is 2. The summed E-state index contributed by atoms with van der Waals surface area (Å²) in [4.78, 5) is 70.7. The highest BCUT2D eigenvalue weighted by atomic mass is 16.5. The quantitative estimate of drug-likeness (QED) is 0.130. The Morgan fingerprint density at radius 1 is 0.722 bits per heavy atom. The molecule has 0 spiro atoms. The van der Waals surface area contributed by atoms with Crippen LogP contribution in [0.4, 0.5) is 9.59 Å². The molecule has 14 nitrogen and oxygen atoms in total. The number of carbonyl (C=O) groups excluding carboxylic acids is 4. The molecule has 0 saturated carbocycles. The molecule has 2 saturated heterocycles. The van der Waals surface area contributed by atoms with Crippen LogP contribution in [0.1, 0.15) is 83.0 Å². The van der Waals surface area contributed by atoms with Crippen molar-refractivity contribution in [3.63, 3.8) is 0 Å². The number of imidazole rings is 2. The summed E-state index contributed by atoms with van der Waals surface area (Å²) in [5.74, 6) is 1.09. The van der Waals surface area contributed by atoms with E-state index in [2.05, 4.69) is 79.1 Å². The topological polar surface area (TPSA) is 175 Å². The van der Waals surface area contributed by atoms with Gasteiger partial charge in [0.25, 0.3) is 0 Å². The third-order valence-electron chi connectivity index (χ3n) is 10.4. The van der Waals surface area contributed by atoms with E-state index in [0.29, 0.717) is 19.5 Å². The Morgan fingerprint density at radius 3 is 1.61 bits per heavy atom. The molecule has 14 heteroatoms. The molecule has 4 atom stereocenters. The Bertz CT molecular complexity index is 1920. The van der Waals surface area contributed by atoms with Crippen LogP contribution in [0.25, 0.3) is 33.6 Å². The summed E-state index contributed by atoms with van der Waals surface area (Å²) < 4.78 is 9.50. The van der Waals surface area contributed by atoms with Gasteiger partial charge in [-0.05, 0) is 60.3 Å². The number of ether oxygens (including phenoxy) is 2. The summed E-state index contributed by atoms with van der Waals surface area (Å²) in [6.45, 7) is 6.98. The Morgan fingerprint density at radius 2 is 1.17 bits per heavy atom. The van der Waals surface area contributed by atoms with Gasteiger partial charge in [-0.1, -0.05) is 75.7 Å². The molecule has 286 valence electrons. The lowest BCUT2D eigenvalue weighted by atomic mass is 10.0. The molecule has 0 aliphatic carbocycles. The number of amides is 4. The van der Waals surface area contributed by atoms with Crippen LogP contribution in [0.15, 0.2) is 60.9 Å². The van der Waals surface area contributed by atoms with Gasteiger partial charge in [0.15, 0.2) is 0 Å². The maximum atomic E-state index is 13.5. The van der Waals surface area contributed by atoms with Gasteiger partial charge >= 0.3 is 12.2 Å². The van der Waals surface area contributed by atoms with Gasteiger partial charge in [-0.2, -0.15) is 0 Å². The average Bonchev–Trinajstić information content (AvgIpc) is 4.03. The second-order valence-corrected chi connectivity index (χ2v) is 14.2. The molecule has 4 N–H and O–H groups in total. The summed E-state index contributed by atoms with van der Waals surface area (Å²) in [5, 5.41) is 5.39. The third-order valence-corrected chi connectivity index (χ3v) is 10.4. The minimum atomic E-state index is -0.686. The van der Waals surface area contributed by atoms with Crippen LogP contribution in [0.5, 0.6) is 0 Å². The highest BCUT2D eigenvalue weighted by molar-refractivity contribution is 5.87. The lowest BCUT2D eigenvalue weighted by Gasteiger charge is -2.30. The number of methoxy groups -OCH3 is 2. The predicted octanol–water partition coefficient (Wildman–Crippen LogP) is 6.37. The van der Waals surface area contributed by atoms with Gasteiger partial charge in [-0.25, -0.2) is 19.6 Å². The number of hydrogen-bond donors (Lipinski definition) is 4. The van der Waals surface area contributed by atoms with Crippen LogP contribution in [0.2, 0.25) is 0 Å². The highest BCUT2D eigenvalue weighted by Gasteiger charge is 2.38. The highest BCUT2D eigenvalue weighted by Crippen LogP contribution is 2.35. The van der Waals surface area contributed by atoms with Gasteiger partial charge in [0.1, 0.15) is 23.7 Å². The van der Waals surface area contributed by atoms with E-state index in [1.165, 1.54) is 14.2 Å². The van der Waals surface area contributed by atoms with Crippen molar-refractivity contribution < 1.29 is 28.7 Å². The molecule has 0 radical (unpaired) electrons. The normalized spacial score (nSPS) is 18.0. The molecular weight excluding hydrogens is 688 g/mol. The van der Waals surface area contributed by atoms with Gasteiger partial charge in [0.05, 0.1) is 50.1 Å². The van der Waals surface area contributed by atoms with Crippen LogP contribution < -0.4 is 10.6 Å². The minimum Gasteiger partial charge on any atom is -0.453 e. The zero-order valence-electron chi connectivity index (χ0n) is 31.6. The number of aromatic nitrogens is 4. The van der Waals surface area contributed by atoms with Crippen molar-refractivity contribution in [2.45, 2.75) is 83.5 Å². The number of rotatable bonds is 12. The first-order valence-electron chi connectivity index (χ1n) is 18.7. The molecule has 4 aromatic rings. The number of carbonyl (C=O) groups is 4. The fourth-order valence-corrected chi connectivity index (χ4v) is 7.44. The Hall–Kier alpha value is -5.66. The van der Waals surface area contributed by atoms with Crippen LogP contribution in [-0.2, 0) is 19.1 Å². The maximum Gasteiger partial charge on any atom is 0.407 e. The molecule has 6 rings (SSSR count). The summed E-state index contributed by atoms with van der Waals surface area (Å²) >= 11 is 0. The number of likely N-dealkylation sites (tertiary alicyclic amines) is 2. The summed E-state index contributed by atoms with van der Waals surface area (Å²) in [7, 11) is 2.58. The molecule has 0 unspecified atom stereocenters. The largest absolute Gasteiger partial charge is 0.453 e. The Labute approximate surface area is 315 Å². The predicted molar refractivity (Wildman–Crippen MR) is 203 cm³/mol. The van der Waals surface area contributed by atoms with E-state index in [1.807, 2.05) is 25.7 Å². The summed E-state index contributed by atoms with van der Waals surface area (Å²) in [6.07, 6.45) is 6.92. The molecule has 54 heavy (non-hydrogen) atoms. The van der Waals surface area contributed by atoms with E-state index in [-0.39, 0.29) is 29.8 Å². The Balaban J connectivity index is 1.10. The van der Waals surface area contributed by atoms with Gasteiger partial charge in [-0.15, -0.1) is 0 Å². The van der Waals surface area contributed by atoms with Crippen molar-refractivity contribution in [1.82, 2.24) is 40.4 Å². The molecule has 2 aliphatic rings. The minimum absolute atomic E-state index is 0.104. The van der Waals surface area contributed by atoms with E-state index in [4.69, 9.17) is 9.47 Å². The van der Waals surface area contributed by atoms with Crippen LogP contribution in [-0.4, -0.2) is 93.1 Å². The van der Waals surface area contributed by atoms with Gasteiger partial charge in [0, 0.05) is 13.1 Å². The molecule has 0 bridgehead atoms. The lowest BCUT2D eigenvalue weighted by Crippen LogP contribution is -2.51. The molecule has 2 aliphatic heterocycles. The second kappa shape index (κ2) is 17.0. The molecular formula is C40H50N8O6. The number of benzene rings is 2. The van der Waals surface area contributed by atoms with Crippen molar-refractivity contribution in [3.05, 3.63) is 72.6 Å². The van der Waals surface area contributed by atoms with E-state index >= 15 is 0 Å². The van der Waals surface area contributed by atoms with E-state index < -0.39 is 24.3 Å². The van der Waals surface area contributed by atoms with Crippen LogP contribution in [0, 0.1) is 5.92 Å². The van der Waals surface area contributed by atoms with Gasteiger partial charge in [-0.3, -0.25) is 9.59 Å². The fourth-order valence-electron chi connectivity index (χ4n) is 7.44. The first-order chi connectivity index (χ1) is 26.1. The number of nitrogens with one attached hydrogen (secondary N) is 4. The van der Waals surface area contributed by atoms with Gasteiger partial charge in [0.2, 0.25) is 11.8 Å². The number of nitrogens with zero attached hydrogens (tertiary/aromatic N) is 4. The molecule has 4 amide bonds. The van der Waals surface area contributed by atoms with Crippen LogP contribution >= 0.6 is 0 Å². The molecule has 2 fully saturated rings. The molecule has 2 aromatic heterocycles. The lowest BCUT2D eigenvalue weighted by molar-refractivity contribution is -0.135. The van der Waals surface area contributed by atoms with E-state index in [9.17, 15) is 19.2 Å². The van der Waals surface area contributed by atoms with Crippen molar-refractivity contribution >= 4 is 24.0 Å². The van der Waals surface area contributed by atoms with Crippen molar-refractivity contribution in [1.29, 1.82) is 0 Å². The van der Waals surface area contributed by atoms with Gasteiger partial charge < -0.3 is 39.9 Å². The maximum absolute atomic E-state index is 13.5. The molecule has 4 heterocycles. The molecule has 2 aromatic carbocycles. The van der Waals surface area contributed by atoms with E-state index in [0.717, 1.165) is 77.4 Å². The Kier molecular flexibility index (Phi) is 12.0. The summed E-state index contributed by atoms with van der Waals surface area (Å²) in [6, 6.07) is 14.8. The number of aromatic amines is 2. The number of hydrogen-bond acceptors (Lipinski definition) is 8. The number of alkyl carbamates (subject to hydrolysis) is 2. The second-order valence-electron chi connectivity index (χ2n) is 14.2. The monoisotopic (exact) mass is 738 g/mol. The van der Waals surface area contributed by atoms with E-state index in [1.54, 1.807) is 17.3 Å². The zero-order chi connectivity index (χ0) is 38.4. The zero-order valence-corrected chi connectivity index (χ0v) is 31.6. The smallest absolute Gasteiger partial charge is 0.407 e. The average molecular weight is 739 g/mol. The third kappa shape index (κ3) is 8.27. The first-order valence-corrected chi connectivity index (χ1v) is 18.7. The standard InChI is InChI=1S/C40H50N8O6/c1-6-9-29(45-39(51)53-4)37(49)47-20-7-10-32(47)35-41-22-30(43-35)27-16-12-25(13-17-27)26-14-18-28(19-15-26)31-23-42-36(44-31)33-11-8-21-48(33)38(50)34(24(2)3)46-40(52)54-5/h12-19,22-24,29,32-34H,6-11,20-21H2,1-5H3,(H,41,43)(H,42,44)(H,45,51)(H,46,52)/t29-,32-,33-,34-/m0/s1. The van der Waals surface area contributed by atoms with Crippen molar-refractivity contribution in [3.8, 4) is 33.6 Å². The van der Waals surface area contributed by atoms with Crippen molar-refractivity contribution in [2.24, 2.45) is 5.92 Å². The fraction of sp³-hybridized carbons (Fsp3) is 0.450. The van der Waals surface area contributed by atoms with Crippen LogP contribution in [0.3, 0.4) is 0 Å². The van der Waals surface area contributed by atoms with Crippen molar-refractivity contribution in [2.75, 3.05) is 27.3 Å². The summed E-state index contributed by atoms with van der Waals surface area (Å²) in [5.41, 5.74) is 5.79. The SMILES string of the molecule is CCC[C@H](NC(=O)OC)C(=O)N1CCC[C@H]1c1ncc(-c2ccc(-c3ccc(-c4cnc([C@@H]5CCCN5C(=O)[C@@H](NC(=O)OC)C(C)C)[nH]4)cc3)cc2)[nH]1. The first kappa shape index (κ1) is 38.1.